The van der Waals surface area contributed by atoms with Gasteiger partial charge in [0.15, 0.2) is 0 Å². The number of nitrogens with one attached hydrogen (secondary N) is 1. The van der Waals surface area contributed by atoms with Crippen LogP contribution in [0.2, 0.25) is 0 Å². The second kappa shape index (κ2) is 6.92. The molecule has 0 fully saturated rings. The SMILES string of the molecule is Cc1cccnc1-n1c2ccc1cc1nc(cc3ccc(cc4nc(c2)C=C4)[nH]3)C=C1. The Kier molecular flexibility index (Phi) is 3.93. The second-order valence-corrected chi connectivity index (χ2v) is 7.70. The number of H-pyrrole nitrogens is 1. The van der Waals surface area contributed by atoms with E-state index in [-0.39, 0.29) is 0 Å². The highest BCUT2D eigenvalue weighted by molar-refractivity contribution is 5.78. The highest BCUT2D eigenvalue weighted by Gasteiger charge is 2.09. The summed E-state index contributed by atoms with van der Waals surface area (Å²) in [6.45, 7) is 2.08. The van der Waals surface area contributed by atoms with E-state index in [0.717, 1.165) is 56.2 Å². The first kappa shape index (κ1) is 17.6. The van der Waals surface area contributed by atoms with Crippen LogP contribution in [0.5, 0.6) is 0 Å². The molecule has 5 heteroatoms. The van der Waals surface area contributed by atoms with Crippen molar-refractivity contribution in [2.24, 2.45) is 0 Å². The van der Waals surface area contributed by atoms with Crippen molar-refractivity contribution in [3.63, 3.8) is 0 Å². The predicted molar refractivity (Wildman–Crippen MR) is 126 cm³/mol. The molecule has 0 radical (unpaired) electrons. The van der Waals surface area contributed by atoms with Gasteiger partial charge in [0.1, 0.15) is 5.82 Å². The number of hydrogen-bond donors (Lipinski definition) is 1. The van der Waals surface area contributed by atoms with Crippen LogP contribution in [0.3, 0.4) is 0 Å². The van der Waals surface area contributed by atoms with Crippen LogP contribution in [0, 0.1) is 6.92 Å². The normalized spacial score (nSPS) is 12.4. The van der Waals surface area contributed by atoms with Crippen molar-refractivity contribution < 1.29 is 0 Å². The standard InChI is InChI=1S/C26H19N5/c1-17-3-2-12-27-26(17)31-24-10-11-25(31)16-23-9-7-21(30-23)14-19-5-4-18(28-19)13-20-6-8-22(15-24)29-20/h2-16,28H,1H3. The fourth-order valence-corrected chi connectivity index (χ4v) is 3.98. The number of aromatic nitrogens is 5. The van der Waals surface area contributed by atoms with Crippen LogP contribution < -0.4 is 0 Å². The summed E-state index contributed by atoms with van der Waals surface area (Å²) in [6, 6.07) is 20.6. The smallest absolute Gasteiger partial charge is 0.140 e. The molecule has 6 heterocycles. The van der Waals surface area contributed by atoms with Crippen LogP contribution in [-0.2, 0) is 0 Å². The molecule has 0 aromatic carbocycles. The molecule has 4 aromatic rings. The van der Waals surface area contributed by atoms with Crippen LogP contribution in [-0.4, -0.2) is 24.5 Å². The number of aryl methyl sites for hydroxylation is 1. The van der Waals surface area contributed by atoms with Gasteiger partial charge in [-0.05, 0) is 91.4 Å². The van der Waals surface area contributed by atoms with Gasteiger partial charge in [-0.15, -0.1) is 0 Å². The average molecular weight is 401 g/mol. The van der Waals surface area contributed by atoms with E-state index < -0.39 is 0 Å². The number of pyridine rings is 1. The Hall–Kier alpha value is -4.25. The first-order chi connectivity index (χ1) is 15.2. The molecular formula is C26H19N5. The molecule has 0 unspecified atom stereocenters. The summed E-state index contributed by atoms with van der Waals surface area (Å²) in [5, 5.41) is 0. The predicted octanol–water partition coefficient (Wildman–Crippen LogP) is 5.82. The monoisotopic (exact) mass is 401 g/mol. The molecule has 31 heavy (non-hydrogen) atoms. The van der Waals surface area contributed by atoms with Crippen molar-refractivity contribution in [1.82, 2.24) is 24.5 Å². The minimum Gasteiger partial charge on any atom is -0.355 e. The molecule has 8 bridgehead atoms. The van der Waals surface area contributed by atoms with Crippen LogP contribution in [0.15, 0.2) is 66.9 Å². The van der Waals surface area contributed by atoms with Crippen molar-refractivity contribution in [2.75, 3.05) is 0 Å². The van der Waals surface area contributed by atoms with Gasteiger partial charge in [0, 0.05) is 28.3 Å². The van der Waals surface area contributed by atoms with E-state index in [1.165, 1.54) is 0 Å². The van der Waals surface area contributed by atoms with Gasteiger partial charge >= 0.3 is 0 Å². The third-order valence-corrected chi connectivity index (χ3v) is 5.43. The molecule has 1 N–H and O–H groups in total. The average Bonchev–Trinajstić information content (AvgIpc) is 3.54. The molecule has 0 saturated carbocycles. The van der Waals surface area contributed by atoms with E-state index in [1.54, 1.807) is 0 Å². The number of nitrogens with zero attached hydrogens (tertiary/aromatic N) is 4. The lowest BCUT2D eigenvalue weighted by Crippen LogP contribution is -1.99. The van der Waals surface area contributed by atoms with Crippen LogP contribution >= 0.6 is 0 Å². The van der Waals surface area contributed by atoms with E-state index >= 15 is 0 Å². The number of fused-ring (bicyclic) bond motifs is 8. The maximum absolute atomic E-state index is 4.78. The molecule has 148 valence electrons. The minimum atomic E-state index is 0.903. The van der Waals surface area contributed by atoms with Crippen LogP contribution in [0.4, 0.5) is 0 Å². The molecule has 4 aromatic heterocycles. The maximum atomic E-state index is 4.78. The minimum absolute atomic E-state index is 0.903. The van der Waals surface area contributed by atoms with E-state index in [2.05, 4.69) is 63.9 Å². The first-order valence-electron chi connectivity index (χ1n) is 10.2. The van der Waals surface area contributed by atoms with E-state index in [1.807, 2.05) is 48.7 Å². The Morgan fingerprint density at radius 2 is 1.23 bits per heavy atom. The second-order valence-electron chi connectivity index (χ2n) is 7.70. The molecule has 2 aliphatic heterocycles. The number of rotatable bonds is 1. The summed E-state index contributed by atoms with van der Waals surface area (Å²) in [4.78, 5) is 17.6. The quantitative estimate of drug-likeness (QED) is 0.378. The highest BCUT2D eigenvalue weighted by atomic mass is 15.1. The van der Waals surface area contributed by atoms with Crippen molar-refractivity contribution in [3.8, 4) is 5.82 Å². The molecule has 2 aliphatic rings. The molecule has 0 amide bonds. The first-order valence-corrected chi connectivity index (χ1v) is 10.2. The zero-order chi connectivity index (χ0) is 20.8. The number of aromatic amines is 1. The maximum Gasteiger partial charge on any atom is 0.140 e. The summed E-state index contributed by atoms with van der Waals surface area (Å²) < 4.78 is 2.16. The Morgan fingerprint density at radius 1 is 0.677 bits per heavy atom. The summed E-state index contributed by atoms with van der Waals surface area (Å²) >= 11 is 0. The molecule has 0 spiro atoms. The third-order valence-electron chi connectivity index (χ3n) is 5.43. The Labute approximate surface area is 179 Å². The Balaban J connectivity index is 1.73. The van der Waals surface area contributed by atoms with Gasteiger partial charge in [0.2, 0.25) is 0 Å². The largest absolute Gasteiger partial charge is 0.355 e. The molecular weight excluding hydrogens is 382 g/mol. The van der Waals surface area contributed by atoms with Gasteiger partial charge < -0.3 is 4.98 Å². The van der Waals surface area contributed by atoms with Crippen LogP contribution in [0.1, 0.15) is 28.3 Å². The van der Waals surface area contributed by atoms with Crippen molar-refractivity contribution in [3.05, 3.63) is 95.2 Å². The summed E-state index contributed by atoms with van der Waals surface area (Å²) in [7, 11) is 0. The summed E-state index contributed by atoms with van der Waals surface area (Å²) in [6.07, 6.45) is 9.97. The van der Waals surface area contributed by atoms with Crippen molar-refractivity contribution in [2.45, 2.75) is 6.92 Å². The van der Waals surface area contributed by atoms with E-state index in [0.29, 0.717) is 0 Å². The van der Waals surface area contributed by atoms with Gasteiger partial charge in [-0.3, -0.25) is 4.57 Å². The molecule has 0 atom stereocenters. The van der Waals surface area contributed by atoms with Gasteiger partial charge in [0.25, 0.3) is 0 Å². The van der Waals surface area contributed by atoms with Gasteiger partial charge in [-0.1, -0.05) is 6.07 Å². The van der Waals surface area contributed by atoms with Gasteiger partial charge in [0.05, 0.1) is 22.8 Å². The third kappa shape index (κ3) is 3.26. The zero-order valence-corrected chi connectivity index (χ0v) is 16.9. The Bertz CT molecular complexity index is 1460. The lowest BCUT2D eigenvalue weighted by atomic mass is 10.3. The Morgan fingerprint density at radius 3 is 1.77 bits per heavy atom. The summed E-state index contributed by atoms with van der Waals surface area (Å²) in [5.41, 5.74) is 8.81. The van der Waals surface area contributed by atoms with Crippen molar-refractivity contribution in [1.29, 1.82) is 0 Å². The topological polar surface area (TPSA) is 59.4 Å². The fourth-order valence-electron chi connectivity index (χ4n) is 3.98. The highest BCUT2D eigenvalue weighted by Crippen LogP contribution is 2.23. The van der Waals surface area contributed by atoms with Crippen LogP contribution in [0.25, 0.3) is 52.2 Å². The van der Waals surface area contributed by atoms with E-state index in [9.17, 15) is 0 Å². The number of hydrogen-bond acceptors (Lipinski definition) is 3. The lowest BCUT2D eigenvalue weighted by molar-refractivity contribution is 1.05. The van der Waals surface area contributed by atoms with E-state index in [4.69, 9.17) is 9.97 Å². The lowest BCUT2D eigenvalue weighted by Gasteiger charge is -2.08. The zero-order valence-electron chi connectivity index (χ0n) is 16.9. The molecule has 5 nitrogen and oxygen atoms in total. The van der Waals surface area contributed by atoms with Gasteiger partial charge in [-0.2, -0.15) is 0 Å². The molecule has 0 saturated heterocycles. The molecule has 0 aliphatic carbocycles. The van der Waals surface area contributed by atoms with Gasteiger partial charge in [-0.25, -0.2) is 15.0 Å². The summed E-state index contributed by atoms with van der Waals surface area (Å²) in [5.74, 6) is 0.903. The molecule has 6 rings (SSSR count). The fraction of sp³-hybridized carbons (Fsp3) is 0.0385. The van der Waals surface area contributed by atoms with Crippen molar-refractivity contribution >= 4 is 46.4 Å².